The van der Waals surface area contributed by atoms with Gasteiger partial charge in [0.2, 0.25) is 5.69 Å². The number of thiophene rings is 1. The van der Waals surface area contributed by atoms with E-state index in [2.05, 4.69) is 20.2 Å². The van der Waals surface area contributed by atoms with Crippen molar-refractivity contribution in [3.05, 3.63) is 17.1 Å². The van der Waals surface area contributed by atoms with Crippen LogP contribution in [0.3, 0.4) is 0 Å². The predicted molar refractivity (Wildman–Crippen MR) is 76.2 cm³/mol. The number of nitrogens with zero attached hydrogens (tertiary/aromatic N) is 5. The minimum Gasteiger partial charge on any atom is -0.476 e. The van der Waals surface area contributed by atoms with Gasteiger partial charge in [0.05, 0.1) is 23.4 Å². The van der Waals surface area contributed by atoms with Gasteiger partial charge in [0.1, 0.15) is 0 Å². The standard InChI is InChI=1S/C12H11N5O3S/c18-12(19)8-10-13-11(16-2-4-20-5-3-16)9-7(1-6-21-9)17(10)15-14-8/h1,6H,2-5H2,(H,18,19). The van der Waals surface area contributed by atoms with Crippen molar-refractivity contribution in [2.24, 2.45) is 0 Å². The highest BCUT2D eigenvalue weighted by molar-refractivity contribution is 7.17. The molecule has 0 spiro atoms. The highest BCUT2D eigenvalue weighted by Crippen LogP contribution is 2.31. The normalized spacial score (nSPS) is 15.9. The first kappa shape index (κ1) is 12.5. The third-order valence-electron chi connectivity index (χ3n) is 3.45. The number of anilines is 1. The number of aromatic carboxylic acids is 1. The van der Waals surface area contributed by atoms with Crippen molar-refractivity contribution in [2.45, 2.75) is 0 Å². The molecule has 0 bridgehead atoms. The SMILES string of the molecule is O=C(O)c1nnn2c1nc(N1CCOCC1)c1sccc12. The van der Waals surface area contributed by atoms with Crippen LogP contribution in [-0.2, 0) is 4.74 Å². The van der Waals surface area contributed by atoms with Gasteiger partial charge in [-0.25, -0.2) is 9.78 Å². The number of carboxylic acids is 1. The van der Waals surface area contributed by atoms with Crippen molar-refractivity contribution in [1.82, 2.24) is 19.8 Å². The average molecular weight is 305 g/mol. The Morgan fingerprint density at radius 2 is 2.19 bits per heavy atom. The van der Waals surface area contributed by atoms with E-state index in [9.17, 15) is 9.90 Å². The van der Waals surface area contributed by atoms with Gasteiger partial charge in [-0.2, -0.15) is 4.52 Å². The van der Waals surface area contributed by atoms with Crippen LogP contribution in [0.5, 0.6) is 0 Å². The van der Waals surface area contributed by atoms with E-state index >= 15 is 0 Å². The summed E-state index contributed by atoms with van der Waals surface area (Å²) in [6.45, 7) is 2.76. The molecule has 4 heterocycles. The van der Waals surface area contributed by atoms with Crippen LogP contribution in [0.2, 0.25) is 0 Å². The van der Waals surface area contributed by atoms with Crippen molar-refractivity contribution in [2.75, 3.05) is 31.2 Å². The van der Waals surface area contributed by atoms with E-state index in [0.717, 1.165) is 29.1 Å². The fourth-order valence-electron chi connectivity index (χ4n) is 2.46. The lowest BCUT2D eigenvalue weighted by Crippen LogP contribution is -2.36. The van der Waals surface area contributed by atoms with Crippen molar-refractivity contribution < 1.29 is 14.6 Å². The van der Waals surface area contributed by atoms with Crippen molar-refractivity contribution in [3.63, 3.8) is 0 Å². The molecule has 3 aromatic heterocycles. The van der Waals surface area contributed by atoms with Crippen LogP contribution < -0.4 is 4.90 Å². The molecular weight excluding hydrogens is 294 g/mol. The molecule has 0 saturated carbocycles. The molecule has 0 aromatic carbocycles. The highest BCUT2D eigenvalue weighted by atomic mass is 32.1. The lowest BCUT2D eigenvalue weighted by atomic mass is 10.3. The van der Waals surface area contributed by atoms with E-state index in [4.69, 9.17) is 4.74 Å². The lowest BCUT2D eigenvalue weighted by molar-refractivity contribution is 0.0692. The second kappa shape index (κ2) is 4.64. The number of rotatable bonds is 2. The summed E-state index contributed by atoms with van der Waals surface area (Å²) in [5, 5.41) is 18.8. The third-order valence-corrected chi connectivity index (χ3v) is 4.35. The number of fused-ring (bicyclic) bond motifs is 3. The topological polar surface area (TPSA) is 92.8 Å². The number of morpholine rings is 1. The maximum atomic E-state index is 11.3. The molecule has 1 fully saturated rings. The van der Waals surface area contributed by atoms with Crippen LogP contribution in [0.4, 0.5) is 5.82 Å². The van der Waals surface area contributed by atoms with Gasteiger partial charge in [-0.3, -0.25) is 0 Å². The number of aromatic nitrogens is 4. The lowest BCUT2D eigenvalue weighted by Gasteiger charge is -2.28. The van der Waals surface area contributed by atoms with Gasteiger partial charge >= 0.3 is 5.97 Å². The molecule has 1 aliphatic heterocycles. The maximum Gasteiger partial charge on any atom is 0.360 e. The first-order chi connectivity index (χ1) is 10.3. The molecule has 4 rings (SSSR count). The van der Waals surface area contributed by atoms with Gasteiger partial charge < -0.3 is 14.7 Å². The minimum absolute atomic E-state index is 0.127. The highest BCUT2D eigenvalue weighted by Gasteiger charge is 2.23. The number of carbonyl (C=O) groups is 1. The quantitative estimate of drug-likeness (QED) is 0.751. The van der Waals surface area contributed by atoms with Gasteiger partial charge in [0.25, 0.3) is 0 Å². The summed E-state index contributed by atoms with van der Waals surface area (Å²) < 4.78 is 7.82. The Balaban J connectivity index is 2.00. The smallest absolute Gasteiger partial charge is 0.360 e. The molecule has 1 aliphatic rings. The summed E-state index contributed by atoms with van der Waals surface area (Å²) in [5.41, 5.74) is 0.971. The number of carboxylic acid groups (broad SMARTS) is 1. The summed E-state index contributed by atoms with van der Waals surface area (Å²) >= 11 is 1.56. The summed E-state index contributed by atoms with van der Waals surface area (Å²) in [6, 6.07) is 1.90. The second-order valence-electron chi connectivity index (χ2n) is 4.65. The van der Waals surface area contributed by atoms with Crippen molar-refractivity contribution in [1.29, 1.82) is 0 Å². The Hall–Kier alpha value is -2.26. The Morgan fingerprint density at radius 3 is 2.95 bits per heavy atom. The Kier molecular flexibility index (Phi) is 2.76. The van der Waals surface area contributed by atoms with Crippen LogP contribution >= 0.6 is 11.3 Å². The van der Waals surface area contributed by atoms with Crippen LogP contribution in [0.25, 0.3) is 15.9 Å². The summed E-state index contributed by atoms with van der Waals surface area (Å²) in [6.07, 6.45) is 0. The van der Waals surface area contributed by atoms with Crippen LogP contribution in [0, 0.1) is 0 Å². The van der Waals surface area contributed by atoms with Gasteiger partial charge in [-0.05, 0) is 11.4 Å². The van der Waals surface area contributed by atoms with Gasteiger partial charge in [-0.15, -0.1) is 16.4 Å². The zero-order valence-corrected chi connectivity index (χ0v) is 11.7. The fraction of sp³-hybridized carbons (Fsp3) is 0.333. The molecule has 0 atom stereocenters. The average Bonchev–Trinajstić information content (AvgIpc) is 3.13. The molecule has 108 valence electrons. The van der Waals surface area contributed by atoms with E-state index in [1.54, 1.807) is 11.3 Å². The first-order valence-electron chi connectivity index (χ1n) is 6.44. The molecule has 3 aromatic rings. The molecule has 0 radical (unpaired) electrons. The molecule has 0 unspecified atom stereocenters. The molecule has 21 heavy (non-hydrogen) atoms. The molecule has 9 heteroatoms. The van der Waals surface area contributed by atoms with Crippen LogP contribution in [-0.4, -0.2) is 57.2 Å². The molecular formula is C12H11N5O3S. The minimum atomic E-state index is -1.12. The van der Waals surface area contributed by atoms with E-state index in [1.807, 2.05) is 11.4 Å². The molecule has 1 N–H and O–H groups in total. The van der Waals surface area contributed by atoms with Crippen LogP contribution in [0.15, 0.2) is 11.4 Å². The van der Waals surface area contributed by atoms with E-state index in [1.165, 1.54) is 4.52 Å². The first-order valence-corrected chi connectivity index (χ1v) is 7.32. The molecule has 1 saturated heterocycles. The summed E-state index contributed by atoms with van der Waals surface area (Å²) in [7, 11) is 0. The molecule has 0 aliphatic carbocycles. The van der Waals surface area contributed by atoms with Gasteiger partial charge in [0, 0.05) is 13.1 Å². The fourth-order valence-corrected chi connectivity index (χ4v) is 3.34. The summed E-state index contributed by atoms with van der Waals surface area (Å²) in [4.78, 5) is 17.9. The second-order valence-corrected chi connectivity index (χ2v) is 5.56. The summed E-state index contributed by atoms with van der Waals surface area (Å²) in [5.74, 6) is -0.347. The van der Waals surface area contributed by atoms with Crippen LogP contribution in [0.1, 0.15) is 10.5 Å². The Morgan fingerprint density at radius 1 is 1.38 bits per heavy atom. The largest absolute Gasteiger partial charge is 0.476 e. The Labute approximate surface area is 122 Å². The van der Waals surface area contributed by atoms with Crippen molar-refractivity contribution >= 4 is 39.0 Å². The van der Waals surface area contributed by atoms with E-state index in [0.29, 0.717) is 13.2 Å². The van der Waals surface area contributed by atoms with Gasteiger partial charge in [0.15, 0.2) is 11.5 Å². The number of ether oxygens (including phenoxy) is 1. The van der Waals surface area contributed by atoms with E-state index in [-0.39, 0.29) is 11.3 Å². The third kappa shape index (κ3) is 1.85. The van der Waals surface area contributed by atoms with Gasteiger partial charge in [-0.1, -0.05) is 5.21 Å². The zero-order valence-electron chi connectivity index (χ0n) is 10.9. The zero-order chi connectivity index (χ0) is 14.4. The number of hydrogen-bond donors (Lipinski definition) is 1. The monoisotopic (exact) mass is 305 g/mol. The maximum absolute atomic E-state index is 11.3. The molecule has 0 amide bonds. The van der Waals surface area contributed by atoms with Crippen molar-refractivity contribution in [3.8, 4) is 0 Å². The number of hydrogen-bond acceptors (Lipinski definition) is 7. The van der Waals surface area contributed by atoms with E-state index < -0.39 is 5.97 Å². The Bertz CT molecular complexity index is 836. The molecule has 8 nitrogen and oxygen atoms in total. The predicted octanol–water partition coefficient (Wildman–Crippen LogP) is 0.874.